The van der Waals surface area contributed by atoms with E-state index in [-0.39, 0.29) is 5.69 Å². The highest BCUT2D eigenvalue weighted by atomic mass is 35.5. The number of alkyl halides is 1. The smallest absolute Gasteiger partial charge is 0.269 e. The van der Waals surface area contributed by atoms with Gasteiger partial charge in [0.05, 0.1) is 17.7 Å². The van der Waals surface area contributed by atoms with E-state index in [1.54, 1.807) is 19.2 Å². The van der Waals surface area contributed by atoms with Crippen molar-refractivity contribution < 1.29 is 9.66 Å². The first-order valence-corrected chi connectivity index (χ1v) is 10.8. The number of benzene rings is 3. The highest BCUT2D eigenvalue weighted by Crippen LogP contribution is 2.32. The zero-order chi connectivity index (χ0) is 23.0. The van der Waals surface area contributed by atoms with Gasteiger partial charge in [0.15, 0.2) is 5.00 Å². The number of ether oxygens (including phenoxy) is 1. The molecule has 0 fully saturated rings. The van der Waals surface area contributed by atoms with Gasteiger partial charge in [0.25, 0.3) is 5.69 Å². The Hall–Kier alpha value is -3.25. The van der Waals surface area contributed by atoms with Gasteiger partial charge in [-0.2, -0.15) is 10.2 Å². The summed E-state index contributed by atoms with van der Waals surface area (Å²) >= 11 is 6.97. The van der Waals surface area contributed by atoms with Crippen molar-refractivity contribution in [1.82, 2.24) is 0 Å². The van der Waals surface area contributed by atoms with Crippen molar-refractivity contribution in [2.45, 2.75) is 37.6 Å². The molecular formula is C25H26ClN3O3. The molecule has 3 aromatic rings. The predicted octanol–water partition coefficient (Wildman–Crippen LogP) is 7.20. The van der Waals surface area contributed by atoms with E-state index in [0.717, 1.165) is 34.5 Å². The van der Waals surface area contributed by atoms with Crippen LogP contribution in [0.15, 0.2) is 83.0 Å². The van der Waals surface area contributed by atoms with Gasteiger partial charge in [-0.3, -0.25) is 10.1 Å². The van der Waals surface area contributed by atoms with Crippen LogP contribution in [0.2, 0.25) is 0 Å². The molecule has 0 aliphatic carbocycles. The van der Waals surface area contributed by atoms with Gasteiger partial charge in [0.1, 0.15) is 5.75 Å². The van der Waals surface area contributed by atoms with E-state index in [0.29, 0.717) is 19.3 Å². The lowest BCUT2D eigenvalue weighted by Crippen LogP contribution is -2.20. The minimum Gasteiger partial charge on any atom is -0.497 e. The zero-order valence-corrected chi connectivity index (χ0v) is 19.0. The SMILES string of the molecule is COc1ccc(CCC(Cl)(CCc2ccc([N+](=O)[O-])cc2)N=Nc2ccc(C)cc2)cc1. The number of methoxy groups -OCH3 is 1. The second-order valence-corrected chi connectivity index (χ2v) is 8.43. The monoisotopic (exact) mass is 451 g/mol. The molecule has 0 saturated carbocycles. The maximum atomic E-state index is 10.9. The number of hydrogen-bond donors (Lipinski definition) is 0. The van der Waals surface area contributed by atoms with Crippen molar-refractivity contribution in [2.75, 3.05) is 7.11 Å². The molecule has 3 aromatic carbocycles. The van der Waals surface area contributed by atoms with E-state index < -0.39 is 9.92 Å². The number of halogens is 1. The molecule has 0 saturated heterocycles. The first-order chi connectivity index (χ1) is 15.4. The lowest BCUT2D eigenvalue weighted by molar-refractivity contribution is -0.384. The Morgan fingerprint density at radius 2 is 1.44 bits per heavy atom. The standard InChI is InChI=1S/C25H26ClN3O3/c1-19-3-9-22(10-4-19)27-28-25(26,18-16-21-7-13-24(32-2)14-8-21)17-15-20-5-11-23(12-6-20)29(30)31/h3-14H,15-18H2,1-2H3. The van der Waals surface area contributed by atoms with Gasteiger partial charge in [-0.15, -0.1) is 0 Å². The second kappa shape index (κ2) is 10.9. The van der Waals surface area contributed by atoms with Gasteiger partial charge < -0.3 is 4.74 Å². The summed E-state index contributed by atoms with van der Waals surface area (Å²) in [6.07, 6.45) is 2.53. The van der Waals surface area contributed by atoms with E-state index in [9.17, 15) is 10.1 Å². The summed E-state index contributed by atoms with van der Waals surface area (Å²) in [4.78, 5) is 9.58. The van der Waals surface area contributed by atoms with Crippen LogP contribution in [-0.4, -0.2) is 17.0 Å². The van der Waals surface area contributed by atoms with Crippen LogP contribution in [-0.2, 0) is 12.8 Å². The molecule has 7 heteroatoms. The quantitative estimate of drug-likeness (QED) is 0.107. The number of azo groups is 1. The van der Waals surface area contributed by atoms with Crippen LogP contribution in [0.4, 0.5) is 11.4 Å². The summed E-state index contributed by atoms with van der Waals surface area (Å²) in [7, 11) is 1.64. The third-order valence-corrected chi connectivity index (χ3v) is 5.73. The molecule has 1 unspecified atom stereocenters. The molecular weight excluding hydrogens is 426 g/mol. The summed E-state index contributed by atoms with van der Waals surface area (Å²) in [5.74, 6) is 0.808. The van der Waals surface area contributed by atoms with Crippen LogP contribution >= 0.6 is 11.6 Å². The highest BCUT2D eigenvalue weighted by Gasteiger charge is 2.27. The van der Waals surface area contributed by atoms with E-state index in [4.69, 9.17) is 16.3 Å². The second-order valence-electron chi connectivity index (χ2n) is 7.73. The topological polar surface area (TPSA) is 77.1 Å². The predicted molar refractivity (Wildman–Crippen MR) is 127 cm³/mol. The van der Waals surface area contributed by atoms with E-state index >= 15 is 0 Å². The minimum absolute atomic E-state index is 0.0736. The number of aryl methyl sites for hydroxylation is 3. The Balaban J connectivity index is 1.73. The molecule has 0 aliphatic rings. The maximum Gasteiger partial charge on any atom is 0.269 e. The number of hydrogen-bond acceptors (Lipinski definition) is 5. The lowest BCUT2D eigenvalue weighted by atomic mass is 9.99. The van der Waals surface area contributed by atoms with Crippen molar-refractivity contribution in [3.63, 3.8) is 0 Å². The maximum absolute atomic E-state index is 10.9. The fraction of sp³-hybridized carbons (Fsp3) is 0.280. The first kappa shape index (κ1) is 23.4. The molecule has 0 spiro atoms. The van der Waals surface area contributed by atoms with Crippen LogP contribution in [0.3, 0.4) is 0 Å². The highest BCUT2D eigenvalue weighted by molar-refractivity contribution is 6.23. The first-order valence-electron chi connectivity index (χ1n) is 10.4. The molecule has 0 amide bonds. The van der Waals surface area contributed by atoms with Crippen LogP contribution in [0.1, 0.15) is 29.5 Å². The van der Waals surface area contributed by atoms with Crippen LogP contribution < -0.4 is 4.74 Å². The average Bonchev–Trinajstić information content (AvgIpc) is 2.82. The molecule has 1 atom stereocenters. The molecule has 0 aromatic heterocycles. The Kier molecular flexibility index (Phi) is 7.95. The Labute approximate surface area is 193 Å². The van der Waals surface area contributed by atoms with Crippen LogP contribution in [0.25, 0.3) is 0 Å². The van der Waals surface area contributed by atoms with Crippen LogP contribution in [0, 0.1) is 17.0 Å². The molecule has 166 valence electrons. The van der Waals surface area contributed by atoms with Crippen molar-refractivity contribution in [3.05, 3.63) is 99.6 Å². The molecule has 0 bridgehead atoms. The van der Waals surface area contributed by atoms with E-state index in [1.165, 1.54) is 12.1 Å². The van der Waals surface area contributed by atoms with Gasteiger partial charge in [0, 0.05) is 12.1 Å². The number of non-ortho nitro benzene ring substituents is 1. The summed E-state index contributed by atoms with van der Waals surface area (Å²) < 4.78 is 5.22. The van der Waals surface area contributed by atoms with Crippen molar-refractivity contribution >= 4 is 23.0 Å². The molecule has 3 rings (SSSR count). The largest absolute Gasteiger partial charge is 0.497 e. The molecule has 0 heterocycles. The fourth-order valence-electron chi connectivity index (χ4n) is 3.23. The summed E-state index contributed by atoms with van der Waals surface area (Å²) in [5.41, 5.74) is 4.08. The van der Waals surface area contributed by atoms with E-state index in [1.807, 2.05) is 55.5 Å². The summed E-state index contributed by atoms with van der Waals surface area (Å²) in [5, 5.41) is 19.8. The number of nitro groups is 1. The van der Waals surface area contributed by atoms with Crippen molar-refractivity contribution in [1.29, 1.82) is 0 Å². The van der Waals surface area contributed by atoms with Crippen LogP contribution in [0.5, 0.6) is 5.75 Å². The van der Waals surface area contributed by atoms with Crippen molar-refractivity contribution in [2.24, 2.45) is 10.2 Å². The van der Waals surface area contributed by atoms with Gasteiger partial charge in [-0.1, -0.05) is 53.6 Å². The number of rotatable bonds is 10. The normalized spacial score (nSPS) is 13.1. The van der Waals surface area contributed by atoms with Gasteiger partial charge >= 0.3 is 0 Å². The minimum atomic E-state index is -0.896. The third-order valence-electron chi connectivity index (χ3n) is 5.28. The molecule has 0 N–H and O–H groups in total. The Bertz CT molecular complexity index is 1050. The summed E-state index contributed by atoms with van der Waals surface area (Å²) in [6.45, 7) is 2.02. The van der Waals surface area contributed by atoms with Gasteiger partial charge in [0.2, 0.25) is 0 Å². The average molecular weight is 452 g/mol. The fourth-order valence-corrected chi connectivity index (χ4v) is 3.46. The zero-order valence-electron chi connectivity index (χ0n) is 18.2. The Morgan fingerprint density at radius 1 is 0.906 bits per heavy atom. The lowest BCUT2D eigenvalue weighted by Gasteiger charge is -2.21. The molecule has 32 heavy (non-hydrogen) atoms. The van der Waals surface area contributed by atoms with E-state index in [2.05, 4.69) is 10.2 Å². The molecule has 0 radical (unpaired) electrons. The molecule has 6 nitrogen and oxygen atoms in total. The van der Waals surface area contributed by atoms with Crippen molar-refractivity contribution in [3.8, 4) is 5.75 Å². The Morgan fingerprint density at radius 3 is 1.94 bits per heavy atom. The third kappa shape index (κ3) is 6.89. The molecule has 0 aliphatic heterocycles. The number of nitro benzene ring substituents is 1. The van der Waals surface area contributed by atoms with Gasteiger partial charge in [-0.25, -0.2) is 0 Å². The van der Waals surface area contributed by atoms with Gasteiger partial charge in [-0.05, 0) is 68.0 Å². The number of nitrogens with zero attached hydrogens (tertiary/aromatic N) is 3. The summed E-state index contributed by atoms with van der Waals surface area (Å²) in [6, 6.07) is 22.2.